The Morgan fingerprint density at radius 3 is 2.65 bits per heavy atom. The summed E-state index contributed by atoms with van der Waals surface area (Å²) in [5.74, 6) is -0.471. The summed E-state index contributed by atoms with van der Waals surface area (Å²) in [5, 5.41) is 12.9. The molecule has 0 radical (unpaired) electrons. The predicted molar refractivity (Wildman–Crippen MR) is 72.7 cm³/mol. The fourth-order valence-corrected chi connectivity index (χ4v) is 1.61. The van der Waals surface area contributed by atoms with Crippen LogP contribution in [0.1, 0.15) is 23.0 Å². The van der Waals surface area contributed by atoms with Crippen LogP contribution in [0, 0.1) is 6.92 Å². The van der Waals surface area contributed by atoms with Crippen LogP contribution in [-0.2, 0) is 4.74 Å². The first-order valence-corrected chi connectivity index (χ1v) is 6.08. The smallest absolute Gasteiger partial charge is 0.340 e. The molecule has 0 saturated heterocycles. The molecule has 0 spiro atoms. The molecule has 104 valence electrons. The minimum absolute atomic E-state index is 0.184. The van der Waals surface area contributed by atoms with Gasteiger partial charge in [-0.25, -0.2) is 4.79 Å². The van der Waals surface area contributed by atoms with Crippen LogP contribution in [0.2, 0.25) is 0 Å². The van der Waals surface area contributed by atoms with Crippen molar-refractivity contribution in [1.82, 2.24) is 10.2 Å². The second-order valence-corrected chi connectivity index (χ2v) is 3.99. The van der Waals surface area contributed by atoms with Crippen LogP contribution in [0.25, 0.3) is 0 Å². The van der Waals surface area contributed by atoms with Crippen LogP contribution in [0.3, 0.4) is 0 Å². The number of rotatable bonds is 4. The van der Waals surface area contributed by atoms with Crippen molar-refractivity contribution < 1.29 is 9.53 Å². The largest absolute Gasteiger partial charge is 0.462 e. The number of nitrogens with zero attached hydrogens (tertiary/aromatic N) is 2. The number of nitrogens with one attached hydrogen (secondary N) is 2. The number of hydrogen-bond acceptors (Lipinski definition) is 5. The van der Waals surface area contributed by atoms with Crippen LogP contribution < -0.4 is 5.56 Å². The zero-order valence-electron chi connectivity index (χ0n) is 11.1. The number of aryl methyl sites for hydroxylation is 1. The molecular weight excluding hydrogens is 260 g/mol. The number of ether oxygens (including phenoxy) is 1. The van der Waals surface area contributed by atoms with Gasteiger partial charge in [0, 0.05) is 0 Å². The molecule has 1 heterocycles. The maximum absolute atomic E-state index is 11.8. The molecule has 1 aromatic heterocycles. The molecule has 0 bridgehead atoms. The number of benzene rings is 1. The maximum atomic E-state index is 11.8. The fourth-order valence-electron chi connectivity index (χ4n) is 1.61. The standard InChI is InChI=1S/C13H14N4O3/c1-3-20-13(19)9-6-4-5-7-10(9)15-16-11-8(2)14-17-12(11)18/h4-7H,3H2,1-2H3,(H2,14,17,18). The summed E-state index contributed by atoms with van der Waals surface area (Å²) in [7, 11) is 0. The highest BCUT2D eigenvalue weighted by molar-refractivity contribution is 5.94. The summed E-state index contributed by atoms with van der Waals surface area (Å²) in [6, 6.07) is 6.66. The van der Waals surface area contributed by atoms with Crippen molar-refractivity contribution in [2.45, 2.75) is 13.8 Å². The van der Waals surface area contributed by atoms with Gasteiger partial charge in [0.15, 0.2) is 5.69 Å². The Morgan fingerprint density at radius 2 is 2.00 bits per heavy atom. The number of aromatic amines is 2. The summed E-state index contributed by atoms with van der Waals surface area (Å²) in [6.45, 7) is 3.70. The monoisotopic (exact) mass is 274 g/mol. The van der Waals surface area contributed by atoms with Gasteiger partial charge in [-0.15, -0.1) is 10.2 Å². The molecule has 0 amide bonds. The molecule has 0 aliphatic rings. The van der Waals surface area contributed by atoms with Gasteiger partial charge in [-0.1, -0.05) is 12.1 Å². The van der Waals surface area contributed by atoms with Crippen molar-refractivity contribution in [3.8, 4) is 0 Å². The van der Waals surface area contributed by atoms with Crippen LogP contribution in [-0.4, -0.2) is 22.8 Å². The van der Waals surface area contributed by atoms with E-state index in [1.165, 1.54) is 0 Å². The summed E-state index contributed by atoms with van der Waals surface area (Å²) >= 11 is 0. The van der Waals surface area contributed by atoms with Crippen LogP contribution in [0.5, 0.6) is 0 Å². The van der Waals surface area contributed by atoms with Gasteiger partial charge >= 0.3 is 5.97 Å². The SMILES string of the molecule is CCOC(=O)c1ccccc1N=Nc1c(C)[nH][nH]c1=O. The Hall–Kier alpha value is -2.70. The molecule has 0 saturated carbocycles. The Balaban J connectivity index is 2.35. The number of azo groups is 1. The molecule has 0 unspecified atom stereocenters. The summed E-state index contributed by atoms with van der Waals surface area (Å²) in [6.07, 6.45) is 0. The van der Waals surface area contributed by atoms with E-state index in [0.29, 0.717) is 16.9 Å². The molecule has 2 rings (SSSR count). The van der Waals surface area contributed by atoms with Crippen LogP contribution in [0.15, 0.2) is 39.3 Å². The second kappa shape index (κ2) is 5.96. The molecule has 7 heteroatoms. The first-order valence-electron chi connectivity index (χ1n) is 6.08. The van der Waals surface area contributed by atoms with Crippen molar-refractivity contribution in [3.05, 3.63) is 45.9 Å². The number of aromatic nitrogens is 2. The Morgan fingerprint density at radius 1 is 1.25 bits per heavy atom. The van der Waals surface area contributed by atoms with Crippen molar-refractivity contribution in [2.24, 2.45) is 10.2 Å². The Bertz CT molecular complexity index is 700. The van der Waals surface area contributed by atoms with Crippen molar-refractivity contribution in [3.63, 3.8) is 0 Å². The third-order valence-corrected chi connectivity index (χ3v) is 2.59. The minimum Gasteiger partial charge on any atom is -0.462 e. The first-order chi connectivity index (χ1) is 9.63. The third-order valence-electron chi connectivity index (χ3n) is 2.59. The van der Waals surface area contributed by atoms with Gasteiger partial charge in [0.05, 0.1) is 17.9 Å². The van der Waals surface area contributed by atoms with Crippen LogP contribution >= 0.6 is 0 Å². The topological polar surface area (TPSA) is 99.7 Å². The fraction of sp³-hybridized carbons (Fsp3) is 0.231. The summed E-state index contributed by atoms with van der Waals surface area (Å²) in [5.41, 5.74) is 1.06. The lowest BCUT2D eigenvalue weighted by atomic mass is 10.2. The Labute approximate surface area is 114 Å². The third kappa shape index (κ3) is 2.82. The predicted octanol–water partition coefficient (Wildman–Crippen LogP) is 2.60. The molecular formula is C13H14N4O3. The van der Waals surface area contributed by atoms with Gasteiger partial charge in [0.25, 0.3) is 5.56 Å². The number of H-pyrrole nitrogens is 2. The van der Waals surface area contributed by atoms with Crippen molar-refractivity contribution in [2.75, 3.05) is 6.61 Å². The Kier molecular flexibility index (Phi) is 4.09. The number of hydrogen-bond donors (Lipinski definition) is 2. The van der Waals surface area contributed by atoms with E-state index in [-0.39, 0.29) is 17.9 Å². The second-order valence-electron chi connectivity index (χ2n) is 3.99. The van der Waals surface area contributed by atoms with Gasteiger partial charge in [0.2, 0.25) is 0 Å². The zero-order valence-corrected chi connectivity index (χ0v) is 11.1. The van der Waals surface area contributed by atoms with Crippen molar-refractivity contribution in [1.29, 1.82) is 0 Å². The average molecular weight is 274 g/mol. The maximum Gasteiger partial charge on any atom is 0.340 e. The van der Waals surface area contributed by atoms with E-state index in [1.54, 1.807) is 38.1 Å². The highest BCUT2D eigenvalue weighted by atomic mass is 16.5. The van der Waals surface area contributed by atoms with Gasteiger partial charge in [-0.3, -0.25) is 9.89 Å². The van der Waals surface area contributed by atoms with E-state index in [4.69, 9.17) is 4.74 Å². The highest BCUT2D eigenvalue weighted by Crippen LogP contribution is 2.22. The minimum atomic E-state index is -0.471. The highest BCUT2D eigenvalue weighted by Gasteiger charge is 2.12. The van der Waals surface area contributed by atoms with E-state index >= 15 is 0 Å². The first kappa shape index (κ1) is 13.7. The van der Waals surface area contributed by atoms with E-state index < -0.39 is 5.97 Å². The van der Waals surface area contributed by atoms with E-state index in [9.17, 15) is 9.59 Å². The molecule has 7 nitrogen and oxygen atoms in total. The molecule has 2 aromatic rings. The number of carbonyl (C=O) groups is 1. The van der Waals surface area contributed by atoms with Gasteiger partial charge in [0.1, 0.15) is 5.69 Å². The normalized spacial score (nSPS) is 10.9. The molecule has 0 aliphatic carbocycles. The molecule has 0 aliphatic heterocycles. The number of carbonyl (C=O) groups excluding carboxylic acids is 1. The number of esters is 1. The lowest BCUT2D eigenvalue weighted by Crippen LogP contribution is -2.04. The molecule has 0 atom stereocenters. The van der Waals surface area contributed by atoms with Gasteiger partial charge in [-0.2, -0.15) is 0 Å². The molecule has 20 heavy (non-hydrogen) atoms. The average Bonchev–Trinajstić information content (AvgIpc) is 2.76. The molecule has 1 aromatic carbocycles. The summed E-state index contributed by atoms with van der Waals surface area (Å²) < 4.78 is 4.94. The van der Waals surface area contributed by atoms with Crippen molar-refractivity contribution >= 4 is 17.3 Å². The lowest BCUT2D eigenvalue weighted by molar-refractivity contribution is 0.0527. The van der Waals surface area contributed by atoms with Gasteiger partial charge in [-0.05, 0) is 26.0 Å². The van der Waals surface area contributed by atoms with E-state index in [2.05, 4.69) is 20.4 Å². The van der Waals surface area contributed by atoms with Crippen LogP contribution in [0.4, 0.5) is 11.4 Å². The van der Waals surface area contributed by atoms with E-state index in [1.807, 2.05) is 0 Å². The zero-order chi connectivity index (χ0) is 14.5. The summed E-state index contributed by atoms with van der Waals surface area (Å²) in [4.78, 5) is 23.2. The van der Waals surface area contributed by atoms with E-state index in [0.717, 1.165) is 0 Å². The quantitative estimate of drug-likeness (QED) is 0.662. The lowest BCUT2D eigenvalue weighted by Gasteiger charge is -2.03. The molecule has 2 N–H and O–H groups in total. The van der Waals surface area contributed by atoms with Gasteiger partial charge < -0.3 is 9.84 Å². The molecule has 0 fully saturated rings.